The van der Waals surface area contributed by atoms with Crippen LogP contribution in [0.2, 0.25) is 0 Å². The van der Waals surface area contributed by atoms with E-state index in [4.69, 9.17) is 8.83 Å². The molecule has 0 radical (unpaired) electrons. The summed E-state index contributed by atoms with van der Waals surface area (Å²) in [5, 5.41) is 13.4. The summed E-state index contributed by atoms with van der Waals surface area (Å²) in [6.45, 7) is 0.255. The fourth-order valence-corrected chi connectivity index (χ4v) is 3.64. The van der Waals surface area contributed by atoms with E-state index in [9.17, 15) is 14.7 Å². The second kappa shape index (κ2) is 7.22. The van der Waals surface area contributed by atoms with Crippen LogP contribution in [0.3, 0.4) is 0 Å². The molecule has 0 aliphatic rings. The maximum atomic E-state index is 12.3. The molecule has 2 N–H and O–H groups in total. The zero-order valence-corrected chi connectivity index (χ0v) is 14.9. The number of nitrogens with one attached hydrogen (secondary N) is 1. The normalized spacial score (nSPS) is 12.2. The number of aliphatic hydroxyl groups excluding tert-OH is 1. The van der Waals surface area contributed by atoms with Crippen molar-refractivity contribution in [2.75, 3.05) is 0 Å². The van der Waals surface area contributed by atoms with Crippen molar-refractivity contribution in [3.8, 4) is 0 Å². The lowest BCUT2D eigenvalue weighted by atomic mass is 10.2. The molecule has 136 valence electrons. The first-order chi connectivity index (χ1) is 13.1. The van der Waals surface area contributed by atoms with Crippen LogP contribution in [-0.4, -0.2) is 11.0 Å². The SMILES string of the molecule is O=C(NCc1ccc(C(O)c2ccco2)s1)c1cc(=O)c2ccccc2o1. The van der Waals surface area contributed by atoms with E-state index in [1.807, 2.05) is 6.07 Å². The van der Waals surface area contributed by atoms with Crippen LogP contribution in [-0.2, 0) is 6.54 Å². The Morgan fingerprint density at radius 1 is 1.15 bits per heavy atom. The number of carbonyl (C=O) groups excluding carboxylic acids is 1. The van der Waals surface area contributed by atoms with Crippen molar-refractivity contribution in [3.05, 3.63) is 92.4 Å². The first-order valence-corrected chi connectivity index (χ1v) is 9.04. The Labute approximate surface area is 157 Å². The van der Waals surface area contributed by atoms with E-state index in [1.165, 1.54) is 23.7 Å². The summed E-state index contributed by atoms with van der Waals surface area (Å²) in [4.78, 5) is 26.0. The van der Waals surface area contributed by atoms with Crippen molar-refractivity contribution in [3.63, 3.8) is 0 Å². The molecule has 27 heavy (non-hydrogen) atoms. The minimum Gasteiger partial charge on any atom is -0.466 e. The summed E-state index contributed by atoms with van der Waals surface area (Å²) >= 11 is 1.37. The molecule has 1 amide bonds. The Balaban J connectivity index is 1.46. The molecule has 0 aliphatic heterocycles. The standard InChI is InChI=1S/C20H15NO5S/c22-14-10-17(26-15-5-2-1-4-13(14)15)20(24)21-11-12-7-8-18(27-12)19(23)16-6-3-9-25-16/h1-10,19,23H,11H2,(H,21,24). The van der Waals surface area contributed by atoms with Crippen LogP contribution in [0.25, 0.3) is 11.0 Å². The third-order valence-corrected chi connectivity index (χ3v) is 5.18. The minimum atomic E-state index is -0.840. The maximum absolute atomic E-state index is 12.3. The molecule has 0 saturated carbocycles. The number of amides is 1. The number of para-hydroxylation sites is 1. The molecule has 7 heteroatoms. The molecule has 0 saturated heterocycles. The zero-order valence-electron chi connectivity index (χ0n) is 14.0. The number of furan rings is 1. The highest BCUT2D eigenvalue weighted by molar-refractivity contribution is 7.12. The van der Waals surface area contributed by atoms with Crippen molar-refractivity contribution in [2.45, 2.75) is 12.6 Å². The van der Waals surface area contributed by atoms with Crippen LogP contribution in [0.15, 0.2) is 74.5 Å². The molecular formula is C20H15NO5S. The number of benzene rings is 1. The predicted molar refractivity (Wildman–Crippen MR) is 101 cm³/mol. The van der Waals surface area contributed by atoms with Gasteiger partial charge in [-0.15, -0.1) is 11.3 Å². The molecule has 1 unspecified atom stereocenters. The van der Waals surface area contributed by atoms with Crippen molar-refractivity contribution in [2.24, 2.45) is 0 Å². The van der Waals surface area contributed by atoms with E-state index < -0.39 is 12.0 Å². The van der Waals surface area contributed by atoms with Gasteiger partial charge in [0.1, 0.15) is 17.4 Å². The van der Waals surface area contributed by atoms with Gasteiger partial charge in [-0.05, 0) is 36.4 Å². The van der Waals surface area contributed by atoms with Gasteiger partial charge in [0.05, 0.1) is 18.2 Å². The number of hydrogen-bond donors (Lipinski definition) is 2. The molecule has 6 nitrogen and oxygen atoms in total. The van der Waals surface area contributed by atoms with Crippen molar-refractivity contribution >= 4 is 28.2 Å². The van der Waals surface area contributed by atoms with Crippen molar-refractivity contribution < 1.29 is 18.7 Å². The number of carbonyl (C=O) groups is 1. The highest BCUT2D eigenvalue weighted by Gasteiger charge is 2.16. The second-order valence-corrected chi connectivity index (χ2v) is 7.08. The van der Waals surface area contributed by atoms with E-state index in [0.29, 0.717) is 21.6 Å². The number of fused-ring (bicyclic) bond motifs is 1. The summed E-state index contributed by atoms with van der Waals surface area (Å²) in [6, 6.07) is 15.0. The van der Waals surface area contributed by atoms with Gasteiger partial charge < -0.3 is 19.3 Å². The molecule has 3 aromatic heterocycles. The van der Waals surface area contributed by atoms with E-state index in [-0.39, 0.29) is 17.7 Å². The van der Waals surface area contributed by atoms with E-state index in [2.05, 4.69) is 5.32 Å². The van der Waals surface area contributed by atoms with Gasteiger partial charge in [0.15, 0.2) is 11.2 Å². The molecule has 0 aliphatic carbocycles. The number of aliphatic hydroxyl groups is 1. The lowest BCUT2D eigenvalue weighted by Crippen LogP contribution is -2.23. The average molecular weight is 381 g/mol. The van der Waals surface area contributed by atoms with Crippen LogP contribution in [0, 0.1) is 0 Å². The van der Waals surface area contributed by atoms with E-state index in [1.54, 1.807) is 42.5 Å². The van der Waals surface area contributed by atoms with Gasteiger partial charge in [0.2, 0.25) is 0 Å². The quantitative estimate of drug-likeness (QED) is 0.552. The van der Waals surface area contributed by atoms with E-state index in [0.717, 1.165) is 4.88 Å². The van der Waals surface area contributed by atoms with Crippen LogP contribution in [0.4, 0.5) is 0 Å². The molecular weight excluding hydrogens is 366 g/mol. The molecule has 0 spiro atoms. The van der Waals surface area contributed by atoms with Gasteiger partial charge in [-0.25, -0.2) is 0 Å². The molecule has 1 atom stereocenters. The van der Waals surface area contributed by atoms with Gasteiger partial charge in [-0.2, -0.15) is 0 Å². The smallest absolute Gasteiger partial charge is 0.287 e. The Morgan fingerprint density at radius 2 is 2.00 bits per heavy atom. The van der Waals surface area contributed by atoms with Crippen LogP contribution >= 0.6 is 11.3 Å². The van der Waals surface area contributed by atoms with Crippen molar-refractivity contribution in [1.29, 1.82) is 0 Å². The van der Waals surface area contributed by atoms with Crippen molar-refractivity contribution in [1.82, 2.24) is 5.32 Å². The average Bonchev–Trinajstić information content (AvgIpc) is 3.37. The summed E-state index contributed by atoms with van der Waals surface area (Å²) in [5.41, 5.74) is 0.108. The van der Waals surface area contributed by atoms with Gasteiger partial charge in [-0.1, -0.05) is 12.1 Å². The predicted octanol–water partition coefficient (Wildman–Crippen LogP) is 3.46. The van der Waals surface area contributed by atoms with Gasteiger partial charge in [-0.3, -0.25) is 9.59 Å². The first-order valence-electron chi connectivity index (χ1n) is 8.23. The molecule has 4 rings (SSSR count). The van der Waals surface area contributed by atoms with E-state index >= 15 is 0 Å². The van der Waals surface area contributed by atoms with Gasteiger partial charge >= 0.3 is 0 Å². The van der Waals surface area contributed by atoms with Crippen LogP contribution in [0.1, 0.15) is 32.2 Å². The molecule has 0 fully saturated rings. The summed E-state index contributed by atoms with van der Waals surface area (Å²) < 4.78 is 10.7. The highest BCUT2D eigenvalue weighted by atomic mass is 32.1. The summed E-state index contributed by atoms with van der Waals surface area (Å²) in [6.07, 6.45) is 0.665. The Hall–Kier alpha value is -3.16. The first kappa shape index (κ1) is 17.3. The molecule has 1 aromatic carbocycles. The maximum Gasteiger partial charge on any atom is 0.287 e. The highest BCUT2D eigenvalue weighted by Crippen LogP contribution is 2.28. The Morgan fingerprint density at radius 3 is 2.81 bits per heavy atom. The van der Waals surface area contributed by atoms with Gasteiger partial charge in [0, 0.05) is 15.8 Å². The number of hydrogen-bond acceptors (Lipinski definition) is 6. The van der Waals surface area contributed by atoms with Crippen LogP contribution in [0.5, 0.6) is 0 Å². The Kier molecular flexibility index (Phi) is 4.62. The fraction of sp³-hybridized carbons (Fsp3) is 0.100. The topological polar surface area (TPSA) is 92.7 Å². The van der Waals surface area contributed by atoms with Crippen LogP contribution < -0.4 is 10.7 Å². The number of thiophene rings is 1. The largest absolute Gasteiger partial charge is 0.466 e. The second-order valence-electron chi connectivity index (χ2n) is 5.88. The molecule has 4 aromatic rings. The zero-order chi connectivity index (χ0) is 18.8. The molecule has 3 heterocycles. The summed E-state index contributed by atoms with van der Waals surface area (Å²) in [7, 11) is 0. The third kappa shape index (κ3) is 3.55. The number of rotatable bonds is 5. The minimum absolute atomic E-state index is 0.0360. The lowest BCUT2D eigenvalue weighted by molar-refractivity contribution is 0.0924. The lowest BCUT2D eigenvalue weighted by Gasteiger charge is -2.05. The van der Waals surface area contributed by atoms with Gasteiger partial charge in [0.25, 0.3) is 5.91 Å². The summed E-state index contributed by atoms with van der Waals surface area (Å²) in [5.74, 6) is -0.0455. The third-order valence-electron chi connectivity index (χ3n) is 4.05. The monoisotopic (exact) mass is 381 g/mol. The fourth-order valence-electron chi connectivity index (χ4n) is 2.69. The molecule has 0 bridgehead atoms. The Bertz CT molecular complexity index is 1140.